The Hall–Kier alpha value is -1.46. The van der Waals surface area contributed by atoms with Gasteiger partial charge in [-0.2, -0.15) is 0 Å². The maximum atomic E-state index is 13.6. The van der Waals surface area contributed by atoms with Crippen molar-refractivity contribution < 1.29 is 9.18 Å². The topological polar surface area (TPSA) is 49.6 Å². The minimum atomic E-state index is -0.300. The molecule has 0 saturated carbocycles. The molecule has 1 saturated heterocycles. The number of rotatable bonds is 6. The summed E-state index contributed by atoms with van der Waals surface area (Å²) in [6.07, 6.45) is 2.31. The fourth-order valence-corrected chi connectivity index (χ4v) is 2.62. The SMILES string of the molecule is NCCCCN1CCN(C(=O)Cc2ccccc2F)CC1. The Kier molecular flexibility index (Phi) is 6.14. The van der Waals surface area contributed by atoms with Gasteiger partial charge in [0.2, 0.25) is 5.91 Å². The van der Waals surface area contributed by atoms with E-state index in [1.54, 1.807) is 18.2 Å². The molecular formula is C16H24FN3O. The van der Waals surface area contributed by atoms with Crippen molar-refractivity contribution in [2.24, 2.45) is 5.73 Å². The number of hydrogen-bond donors (Lipinski definition) is 1. The highest BCUT2D eigenvalue weighted by Crippen LogP contribution is 2.10. The Morgan fingerprint density at radius 1 is 1.14 bits per heavy atom. The van der Waals surface area contributed by atoms with Gasteiger partial charge < -0.3 is 10.6 Å². The third kappa shape index (κ3) is 4.79. The third-order valence-electron chi connectivity index (χ3n) is 3.95. The Bertz CT molecular complexity index is 459. The summed E-state index contributed by atoms with van der Waals surface area (Å²) in [6, 6.07) is 6.48. The number of piperazine rings is 1. The zero-order valence-corrected chi connectivity index (χ0v) is 12.4. The average Bonchev–Trinajstić information content (AvgIpc) is 2.50. The molecule has 0 spiro atoms. The molecule has 116 valence electrons. The normalized spacial score (nSPS) is 16.2. The monoisotopic (exact) mass is 293 g/mol. The number of hydrogen-bond acceptors (Lipinski definition) is 3. The van der Waals surface area contributed by atoms with Crippen LogP contribution in [0.3, 0.4) is 0 Å². The number of benzene rings is 1. The van der Waals surface area contributed by atoms with E-state index in [0.29, 0.717) is 5.56 Å². The maximum absolute atomic E-state index is 13.6. The van der Waals surface area contributed by atoms with Crippen molar-refractivity contribution in [2.75, 3.05) is 39.3 Å². The van der Waals surface area contributed by atoms with E-state index in [-0.39, 0.29) is 18.1 Å². The van der Waals surface area contributed by atoms with Gasteiger partial charge in [0.1, 0.15) is 5.82 Å². The van der Waals surface area contributed by atoms with Crippen LogP contribution in [0.1, 0.15) is 18.4 Å². The summed E-state index contributed by atoms with van der Waals surface area (Å²) in [5.41, 5.74) is 5.97. The first-order chi connectivity index (χ1) is 10.2. The van der Waals surface area contributed by atoms with E-state index in [4.69, 9.17) is 5.73 Å². The van der Waals surface area contributed by atoms with Gasteiger partial charge in [-0.1, -0.05) is 18.2 Å². The maximum Gasteiger partial charge on any atom is 0.227 e. The first-order valence-corrected chi connectivity index (χ1v) is 7.64. The standard InChI is InChI=1S/C16H24FN3O/c17-15-6-2-1-5-14(15)13-16(21)20-11-9-19(10-12-20)8-4-3-7-18/h1-2,5-6H,3-4,7-13,18H2. The van der Waals surface area contributed by atoms with Crippen LogP contribution in [0.4, 0.5) is 4.39 Å². The van der Waals surface area contributed by atoms with Crippen LogP contribution in [0.5, 0.6) is 0 Å². The van der Waals surface area contributed by atoms with Crippen molar-refractivity contribution in [3.05, 3.63) is 35.6 Å². The molecule has 1 aromatic rings. The number of nitrogens with two attached hydrogens (primary N) is 1. The van der Waals surface area contributed by atoms with E-state index in [2.05, 4.69) is 4.90 Å². The van der Waals surface area contributed by atoms with Gasteiger partial charge in [0.25, 0.3) is 0 Å². The zero-order valence-electron chi connectivity index (χ0n) is 12.4. The van der Waals surface area contributed by atoms with Gasteiger partial charge in [0.15, 0.2) is 0 Å². The lowest BCUT2D eigenvalue weighted by molar-refractivity contribution is -0.132. The van der Waals surface area contributed by atoms with Crippen molar-refractivity contribution >= 4 is 5.91 Å². The molecule has 21 heavy (non-hydrogen) atoms. The summed E-state index contributed by atoms with van der Waals surface area (Å²) < 4.78 is 13.6. The van der Waals surface area contributed by atoms with Crippen molar-refractivity contribution in [3.63, 3.8) is 0 Å². The van der Waals surface area contributed by atoms with Crippen LogP contribution in [-0.4, -0.2) is 55.0 Å². The highest BCUT2D eigenvalue weighted by molar-refractivity contribution is 5.78. The Balaban J connectivity index is 1.77. The number of unbranched alkanes of at least 4 members (excludes halogenated alkanes) is 1. The molecule has 1 amide bonds. The summed E-state index contributed by atoms with van der Waals surface area (Å²) in [4.78, 5) is 16.4. The molecule has 2 rings (SSSR count). The second-order valence-corrected chi connectivity index (χ2v) is 5.49. The average molecular weight is 293 g/mol. The smallest absolute Gasteiger partial charge is 0.227 e. The molecule has 0 aromatic heterocycles. The number of carbonyl (C=O) groups excluding carboxylic acids is 1. The lowest BCUT2D eigenvalue weighted by Gasteiger charge is -2.34. The molecule has 1 aliphatic heterocycles. The molecule has 0 radical (unpaired) electrons. The van der Waals surface area contributed by atoms with E-state index in [0.717, 1.165) is 52.1 Å². The number of carbonyl (C=O) groups is 1. The van der Waals surface area contributed by atoms with E-state index >= 15 is 0 Å². The van der Waals surface area contributed by atoms with Crippen molar-refractivity contribution in [3.8, 4) is 0 Å². The molecule has 0 atom stereocenters. The van der Waals surface area contributed by atoms with Gasteiger partial charge in [-0.25, -0.2) is 4.39 Å². The second-order valence-electron chi connectivity index (χ2n) is 5.49. The summed E-state index contributed by atoms with van der Waals surface area (Å²) in [7, 11) is 0. The minimum absolute atomic E-state index is 0.0155. The second kappa shape index (κ2) is 8.10. The van der Waals surface area contributed by atoms with E-state index < -0.39 is 0 Å². The fourth-order valence-electron chi connectivity index (χ4n) is 2.62. The zero-order chi connectivity index (χ0) is 15.1. The summed E-state index contributed by atoms with van der Waals surface area (Å²) in [6.45, 7) is 5.04. The molecule has 2 N–H and O–H groups in total. The minimum Gasteiger partial charge on any atom is -0.340 e. The molecule has 0 bridgehead atoms. The highest BCUT2D eigenvalue weighted by Gasteiger charge is 2.21. The Morgan fingerprint density at radius 2 is 1.86 bits per heavy atom. The largest absolute Gasteiger partial charge is 0.340 e. The molecule has 4 nitrogen and oxygen atoms in total. The molecule has 5 heteroatoms. The Morgan fingerprint density at radius 3 is 2.52 bits per heavy atom. The lowest BCUT2D eigenvalue weighted by atomic mass is 10.1. The molecule has 1 aromatic carbocycles. The van der Waals surface area contributed by atoms with Crippen molar-refractivity contribution in [1.29, 1.82) is 0 Å². The molecule has 1 fully saturated rings. The lowest BCUT2D eigenvalue weighted by Crippen LogP contribution is -2.49. The van der Waals surface area contributed by atoms with Gasteiger partial charge in [-0.3, -0.25) is 9.69 Å². The van der Waals surface area contributed by atoms with Gasteiger partial charge in [0, 0.05) is 26.2 Å². The molecular weight excluding hydrogens is 269 g/mol. The number of halogens is 1. The highest BCUT2D eigenvalue weighted by atomic mass is 19.1. The van der Waals surface area contributed by atoms with E-state index in [9.17, 15) is 9.18 Å². The molecule has 1 aliphatic rings. The molecule has 0 unspecified atom stereocenters. The van der Waals surface area contributed by atoms with E-state index in [1.165, 1.54) is 6.07 Å². The van der Waals surface area contributed by atoms with Gasteiger partial charge in [-0.15, -0.1) is 0 Å². The van der Waals surface area contributed by atoms with Crippen LogP contribution in [0.25, 0.3) is 0 Å². The first-order valence-electron chi connectivity index (χ1n) is 7.64. The molecule has 0 aliphatic carbocycles. The fraction of sp³-hybridized carbons (Fsp3) is 0.562. The predicted octanol–water partition coefficient (Wildman–Crippen LogP) is 1.25. The van der Waals surface area contributed by atoms with Crippen LogP contribution >= 0.6 is 0 Å². The van der Waals surface area contributed by atoms with Crippen LogP contribution < -0.4 is 5.73 Å². The van der Waals surface area contributed by atoms with Crippen molar-refractivity contribution in [1.82, 2.24) is 9.80 Å². The predicted molar refractivity (Wildman–Crippen MR) is 81.4 cm³/mol. The van der Waals surface area contributed by atoms with Crippen LogP contribution in [0, 0.1) is 5.82 Å². The van der Waals surface area contributed by atoms with Crippen LogP contribution in [0.15, 0.2) is 24.3 Å². The Labute approximate surface area is 125 Å². The number of nitrogens with zero attached hydrogens (tertiary/aromatic N) is 2. The number of amides is 1. The van der Waals surface area contributed by atoms with Crippen molar-refractivity contribution in [2.45, 2.75) is 19.3 Å². The van der Waals surface area contributed by atoms with Crippen LogP contribution in [0.2, 0.25) is 0 Å². The van der Waals surface area contributed by atoms with Gasteiger partial charge >= 0.3 is 0 Å². The van der Waals surface area contributed by atoms with E-state index in [1.807, 2.05) is 4.90 Å². The van der Waals surface area contributed by atoms with Crippen LogP contribution in [-0.2, 0) is 11.2 Å². The third-order valence-corrected chi connectivity index (χ3v) is 3.95. The van der Waals surface area contributed by atoms with Gasteiger partial charge in [0.05, 0.1) is 6.42 Å². The summed E-state index contributed by atoms with van der Waals surface area (Å²) in [5.74, 6) is -0.284. The molecule has 1 heterocycles. The summed E-state index contributed by atoms with van der Waals surface area (Å²) >= 11 is 0. The quantitative estimate of drug-likeness (QED) is 0.803. The summed E-state index contributed by atoms with van der Waals surface area (Å²) in [5, 5.41) is 0. The van der Waals surface area contributed by atoms with Gasteiger partial charge in [-0.05, 0) is 37.6 Å². The first kappa shape index (κ1) is 15.9.